The Bertz CT molecular complexity index is 637. The summed E-state index contributed by atoms with van der Waals surface area (Å²) in [6, 6.07) is 14.6. The van der Waals surface area contributed by atoms with E-state index < -0.39 is 0 Å². The van der Waals surface area contributed by atoms with Gasteiger partial charge in [-0.1, -0.05) is 18.2 Å². The summed E-state index contributed by atoms with van der Waals surface area (Å²) in [5.41, 5.74) is 0.320. The number of unbranched alkanes of at least 4 members (excludes halogenated alkanes) is 3. The first kappa shape index (κ1) is 17.9. The largest absolute Gasteiger partial charge is 0.507 e. The Labute approximate surface area is 143 Å². The smallest absolute Gasteiger partial charge is 0.163 e. The van der Waals surface area contributed by atoms with Crippen LogP contribution >= 0.6 is 0 Å². The van der Waals surface area contributed by atoms with Crippen molar-refractivity contribution in [1.29, 1.82) is 0 Å². The van der Waals surface area contributed by atoms with Crippen molar-refractivity contribution in [3.05, 3.63) is 54.1 Å². The molecule has 0 amide bonds. The minimum Gasteiger partial charge on any atom is -0.507 e. The number of hydrogen-bond donors (Lipinski definition) is 1. The summed E-state index contributed by atoms with van der Waals surface area (Å²) >= 11 is 0. The number of rotatable bonds is 10. The quantitative estimate of drug-likeness (QED) is 0.511. The minimum atomic E-state index is -0.156. The van der Waals surface area contributed by atoms with Gasteiger partial charge >= 0.3 is 0 Å². The molecule has 0 radical (unpaired) electrons. The van der Waals surface area contributed by atoms with Crippen LogP contribution in [0.4, 0.5) is 0 Å². The molecule has 4 nitrogen and oxygen atoms in total. The number of aromatic hydroxyl groups is 1. The Morgan fingerprint density at radius 2 is 1.50 bits per heavy atom. The third-order valence-corrected chi connectivity index (χ3v) is 3.67. The van der Waals surface area contributed by atoms with E-state index in [2.05, 4.69) is 0 Å². The van der Waals surface area contributed by atoms with Gasteiger partial charge in [-0.05, 0) is 56.9 Å². The van der Waals surface area contributed by atoms with Crippen LogP contribution in [-0.4, -0.2) is 24.1 Å². The van der Waals surface area contributed by atoms with E-state index >= 15 is 0 Å². The van der Waals surface area contributed by atoms with E-state index in [0.717, 1.165) is 38.0 Å². The number of Topliss-reactive ketones (excluding diaryl/α,β-unsaturated/α-hetero) is 1. The van der Waals surface area contributed by atoms with Gasteiger partial charge < -0.3 is 14.6 Å². The average molecular weight is 328 g/mol. The van der Waals surface area contributed by atoms with Gasteiger partial charge in [-0.25, -0.2) is 0 Å². The van der Waals surface area contributed by atoms with Crippen molar-refractivity contribution in [1.82, 2.24) is 0 Å². The maximum atomic E-state index is 11.2. The average Bonchev–Trinajstić information content (AvgIpc) is 2.58. The van der Waals surface area contributed by atoms with E-state index in [-0.39, 0.29) is 11.5 Å². The highest BCUT2D eigenvalue weighted by molar-refractivity contribution is 5.96. The molecule has 0 atom stereocenters. The van der Waals surface area contributed by atoms with Gasteiger partial charge in [0, 0.05) is 6.07 Å². The van der Waals surface area contributed by atoms with Crippen LogP contribution in [0, 0.1) is 0 Å². The van der Waals surface area contributed by atoms with Crippen LogP contribution in [0.15, 0.2) is 48.5 Å². The molecule has 2 aromatic carbocycles. The molecule has 128 valence electrons. The van der Waals surface area contributed by atoms with E-state index in [1.54, 1.807) is 12.1 Å². The number of ether oxygens (including phenoxy) is 2. The van der Waals surface area contributed by atoms with E-state index in [9.17, 15) is 9.90 Å². The molecule has 0 fully saturated rings. The Morgan fingerprint density at radius 3 is 2.08 bits per heavy atom. The fourth-order valence-electron chi connectivity index (χ4n) is 2.35. The molecule has 0 aromatic heterocycles. The predicted molar refractivity (Wildman–Crippen MR) is 94.0 cm³/mol. The first-order valence-corrected chi connectivity index (χ1v) is 8.31. The summed E-state index contributed by atoms with van der Waals surface area (Å²) in [4.78, 5) is 11.2. The first-order valence-electron chi connectivity index (χ1n) is 8.31. The lowest BCUT2D eigenvalue weighted by Crippen LogP contribution is -2.00. The van der Waals surface area contributed by atoms with Crippen molar-refractivity contribution >= 4 is 5.78 Å². The number of benzene rings is 2. The second kappa shape index (κ2) is 9.60. The number of carbonyl (C=O) groups is 1. The van der Waals surface area contributed by atoms with E-state index in [0.29, 0.717) is 17.9 Å². The number of para-hydroxylation sites is 1. The number of carbonyl (C=O) groups excluding carboxylic acids is 1. The third kappa shape index (κ3) is 5.95. The fraction of sp³-hybridized carbons (Fsp3) is 0.350. The van der Waals surface area contributed by atoms with Gasteiger partial charge in [0.2, 0.25) is 0 Å². The topological polar surface area (TPSA) is 55.8 Å². The molecule has 0 spiro atoms. The highest BCUT2D eigenvalue weighted by atomic mass is 16.5. The highest BCUT2D eigenvalue weighted by Crippen LogP contribution is 2.24. The van der Waals surface area contributed by atoms with Crippen molar-refractivity contribution in [3.8, 4) is 17.2 Å². The van der Waals surface area contributed by atoms with E-state index in [4.69, 9.17) is 9.47 Å². The van der Waals surface area contributed by atoms with Gasteiger partial charge in [-0.15, -0.1) is 0 Å². The van der Waals surface area contributed by atoms with Crippen molar-refractivity contribution in [3.63, 3.8) is 0 Å². The third-order valence-electron chi connectivity index (χ3n) is 3.67. The summed E-state index contributed by atoms with van der Waals surface area (Å²) in [6.07, 6.45) is 4.12. The Balaban J connectivity index is 1.55. The zero-order valence-corrected chi connectivity index (χ0v) is 14.0. The molecular formula is C20H24O4. The highest BCUT2D eigenvalue weighted by Gasteiger charge is 2.07. The summed E-state index contributed by atoms with van der Waals surface area (Å²) in [5.74, 6) is 1.31. The number of phenolic OH excluding ortho intramolecular Hbond substituents is 1. The normalized spacial score (nSPS) is 10.4. The number of ketones is 1. The molecule has 0 saturated carbocycles. The van der Waals surface area contributed by atoms with Crippen LogP contribution in [0.2, 0.25) is 0 Å². The Kier molecular flexibility index (Phi) is 7.15. The fourth-order valence-corrected chi connectivity index (χ4v) is 2.35. The summed E-state index contributed by atoms with van der Waals surface area (Å²) < 4.78 is 11.2. The van der Waals surface area contributed by atoms with Crippen LogP contribution in [0.1, 0.15) is 43.0 Å². The first-order chi connectivity index (χ1) is 11.7. The maximum Gasteiger partial charge on any atom is 0.163 e. The molecule has 4 heteroatoms. The molecule has 0 saturated heterocycles. The lowest BCUT2D eigenvalue weighted by molar-refractivity contribution is 0.101. The van der Waals surface area contributed by atoms with Crippen LogP contribution in [0.25, 0.3) is 0 Å². The van der Waals surface area contributed by atoms with Gasteiger partial charge in [0.15, 0.2) is 5.78 Å². The van der Waals surface area contributed by atoms with Crippen LogP contribution in [0.5, 0.6) is 17.2 Å². The number of hydrogen-bond acceptors (Lipinski definition) is 4. The summed E-state index contributed by atoms with van der Waals surface area (Å²) in [6.45, 7) is 2.75. The maximum absolute atomic E-state index is 11.2. The molecule has 24 heavy (non-hydrogen) atoms. The van der Waals surface area contributed by atoms with E-state index in [1.165, 1.54) is 13.0 Å². The van der Waals surface area contributed by atoms with Gasteiger partial charge in [0.25, 0.3) is 0 Å². The van der Waals surface area contributed by atoms with Crippen LogP contribution < -0.4 is 9.47 Å². The van der Waals surface area contributed by atoms with Crippen molar-refractivity contribution in [2.75, 3.05) is 13.2 Å². The molecule has 2 rings (SSSR count). The zero-order valence-electron chi connectivity index (χ0n) is 14.0. The molecule has 0 aliphatic rings. The SMILES string of the molecule is CC(=O)c1ccc(OCCCCCCOc2ccccc2)cc1O. The molecule has 0 heterocycles. The standard InChI is InChI=1S/C20H24O4/c1-16(21)19-12-11-18(15-20(19)22)24-14-8-3-2-7-13-23-17-9-5-4-6-10-17/h4-6,9-12,15,22H,2-3,7-8,13-14H2,1H3. The van der Waals surface area contributed by atoms with Gasteiger partial charge in [-0.3, -0.25) is 4.79 Å². The van der Waals surface area contributed by atoms with Crippen LogP contribution in [0.3, 0.4) is 0 Å². The lowest BCUT2D eigenvalue weighted by Gasteiger charge is -2.08. The second-order valence-electron chi connectivity index (χ2n) is 5.66. The summed E-state index contributed by atoms with van der Waals surface area (Å²) in [7, 11) is 0. The lowest BCUT2D eigenvalue weighted by atomic mass is 10.1. The van der Waals surface area contributed by atoms with Gasteiger partial charge in [0.05, 0.1) is 18.8 Å². The van der Waals surface area contributed by atoms with Crippen molar-refractivity contribution < 1.29 is 19.4 Å². The monoisotopic (exact) mass is 328 g/mol. The Morgan fingerprint density at radius 1 is 0.875 bits per heavy atom. The molecule has 0 aliphatic heterocycles. The predicted octanol–water partition coefficient (Wildman–Crippen LogP) is 4.61. The molecule has 0 aliphatic carbocycles. The molecule has 1 N–H and O–H groups in total. The zero-order chi connectivity index (χ0) is 17.2. The van der Waals surface area contributed by atoms with Gasteiger partial charge in [-0.2, -0.15) is 0 Å². The minimum absolute atomic E-state index is 0.0296. The van der Waals surface area contributed by atoms with E-state index in [1.807, 2.05) is 30.3 Å². The van der Waals surface area contributed by atoms with Crippen LogP contribution in [-0.2, 0) is 0 Å². The van der Waals surface area contributed by atoms with Gasteiger partial charge in [0.1, 0.15) is 17.2 Å². The molecule has 0 bridgehead atoms. The second-order valence-corrected chi connectivity index (χ2v) is 5.66. The Hall–Kier alpha value is -2.49. The molecule has 2 aromatic rings. The van der Waals surface area contributed by atoms with Crippen molar-refractivity contribution in [2.45, 2.75) is 32.6 Å². The number of phenols is 1. The summed E-state index contributed by atoms with van der Waals surface area (Å²) in [5, 5.41) is 9.74. The van der Waals surface area contributed by atoms with Crippen molar-refractivity contribution in [2.24, 2.45) is 0 Å². The molecular weight excluding hydrogens is 304 g/mol. The molecule has 0 unspecified atom stereocenters.